The molecule has 0 bridgehead atoms. The highest BCUT2D eigenvalue weighted by Crippen LogP contribution is 2.33. The van der Waals surface area contributed by atoms with Crippen molar-refractivity contribution in [3.63, 3.8) is 0 Å². The molecule has 0 fully saturated rings. The number of carbonyl (C=O) groups is 1. The van der Waals surface area contributed by atoms with Crippen molar-refractivity contribution in [2.75, 3.05) is 18.4 Å². The number of aryl methyl sites for hydroxylation is 2. The molecular weight excluding hydrogens is 418 g/mol. The maximum Gasteiger partial charge on any atom is 0.261 e. The molecule has 1 heterocycles. The molecule has 0 radical (unpaired) electrons. The van der Waals surface area contributed by atoms with Gasteiger partial charge in [0.1, 0.15) is 17.1 Å². The molecule has 0 aliphatic rings. The number of hydrogen-bond donors (Lipinski definition) is 1. The largest absolute Gasteiger partial charge is 0.455 e. The SMILES string of the molecule is CCN(CC)S(=O)(=O)c1ccc(Oc2ccccc2)c(NC(=O)c2c(C)noc2C)c1. The van der Waals surface area contributed by atoms with Crippen LogP contribution in [0.2, 0.25) is 0 Å². The monoisotopic (exact) mass is 443 g/mol. The number of amides is 1. The molecule has 164 valence electrons. The van der Waals surface area contributed by atoms with Gasteiger partial charge in [0.15, 0.2) is 5.75 Å². The number of aromatic nitrogens is 1. The van der Waals surface area contributed by atoms with E-state index in [-0.39, 0.29) is 10.6 Å². The molecule has 1 amide bonds. The second-order valence-corrected chi connectivity index (χ2v) is 8.75. The van der Waals surface area contributed by atoms with Crippen molar-refractivity contribution in [3.05, 3.63) is 65.5 Å². The minimum absolute atomic E-state index is 0.0608. The van der Waals surface area contributed by atoms with E-state index in [1.165, 1.54) is 22.5 Å². The van der Waals surface area contributed by atoms with Crippen LogP contribution in [-0.4, -0.2) is 36.9 Å². The summed E-state index contributed by atoms with van der Waals surface area (Å²) in [5, 5.41) is 6.56. The summed E-state index contributed by atoms with van der Waals surface area (Å²) < 4.78 is 38.3. The van der Waals surface area contributed by atoms with Crippen molar-refractivity contribution in [2.24, 2.45) is 0 Å². The molecule has 1 N–H and O–H groups in total. The zero-order valence-electron chi connectivity index (χ0n) is 17.9. The average molecular weight is 444 g/mol. The van der Waals surface area contributed by atoms with E-state index in [1.807, 2.05) is 18.2 Å². The third-order valence-electron chi connectivity index (χ3n) is 4.77. The van der Waals surface area contributed by atoms with Crippen LogP contribution in [0.25, 0.3) is 0 Å². The van der Waals surface area contributed by atoms with Gasteiger partial charge in [0.05, 0.1) is 16.3 Å². The molecule has 0 saturated carbocycles. The molecule has 0 aliphatic heterocycles. The number of ether oxygens (including phenoxy) is 1. The molecule has 31 heavy (non-hydrogen) atoms. The van der Waals surface area contributed by atoms with Crippen LogP contribution in [-0.2, 0) is 10.0 Å². The number of nitrogens with one attached hydrogen (secondary N) is 1. The molecule has 1 aromatic heterocycles. The van der Waals surface area contributed by atoms with Gasteiger partial charge >= 0.3 is 0 Å². The summed E-state index contributed by atoms with van der Waals surface area (Å²) in [5.74, 6) is 0.762. The fraction of sp³-hybridized carbons (Fsp3) is 0.273. The van der Waals surface area contributed by atoms with Crippen molar-refractivity contribution < 1.29 is 22.5 Å². The molecule has 0 atom stereocenters. The smallest absolute Gasteiger partial charge is 0.261 e. The van der Waals surface area contributed by atoms with E-state index in [4.69, 9.17) is 9.26 Å². The number of para-hydroxylation sites is 1. The maximum atomic E-state index is 13.0. The molecule has 0 aliphatic carbocycles. The van der Waals surface area contributed by atoms with Crippen LogP contribution in [0, 0.1) is 13.8 Å². The molecule has 0 saturated heterocycles. The number of carbonyl (C=O) groups excluding carboxylic acids is 1. The standard InChI is InChI=1S/C22H25N3O5S/c1-5-25(6-2)31(27,28)18-12-13-20(29-17-10-8-7-9-11-17)19(14-18)23-22(26)21-15(3)24-30-16(21)4/h7-14H,5-6H2,1-4H3,(H,23,26). The molecule has 0 unspecified atom stereocenters. The summed E-state index contributed by atoms with van der Waals surface area (Å²) in [5.41, 5.74) is 0.956. The summed E-state index contributed by atoms with van der Waals surface area (Å²) in [7, 11) is -3.72. The fourth-order valence-electron chi connectivity index (χ4n) is 3.18. The Kier molecular flexibility index (Phi) is 6.77. The van der Waals surface area contributed by atoms with Gasteiger partial charge < -0.3 is 14.6 Å². The Morgan fingerprint density at radius 2 is 1.77 bits per heavy atom. The van der Waals surface area contributed by atoms with Crippen LogP contribution in [0.15, 0.2) is 57.9 Å². The highest BCUT2D eigenvalue weighted by atomic mass is 32.2. The highest BCUT2D eigenvalue weighted by Gasteiger charge is 2.25. The maximum absolute atomic E-state index is 13.0. The topological polar surface area (TPSA) is 102 Å². The second-order valence-electron chi connectivity index (χ2n) is 6.82. The van der Waals surface area contributed by atoms with Crippen LogP contribution in [0.5, 0.6) is 11.5 Å². The molecule has 2 aromatic carbocycles. The molecule has 9 heteroatoms. The zero-order valence-corrected chi connectivity index (χ0v) is 18.7. The van der Waals surface area contributed by atoms with Crippen LogP contribution in [0.3, 0.4) is 0 Å². The molecule has 3 aromatic rings. The highest BCUT2D eigenvalue weighted by molar-refractivity contribution is 7.89. The van der Waals surface area contributed by atoms with Crippen LogP contribution >= 0.6 is 0 Å². The predicted molar refractivity (Wildman–Crippen MR) is 117 cm³/mol. The lowest BCUT2D eigenvalue weighted by Gasteiger charge is -2.20. The molecule has 8 nitrogen and oxygen atoms in total. The Morgan fingerprint density at radius 3 is 2.35 bits per heavy atom. The van der Waals surface area contributed by atoms with Gasteiger partial charge in [0.25, 0.3) is 5.91 Å². The summed E-state index contributed by atoms with van der Waals surface area (Å²) in [6, 6.07) is 13.4. The lowest BCUT2D eigenvalue weighted by molar-refractivity contribution is 0.102. The zero-order chi connectivity index (χ0) is 22.6. The number of rotatable bonds is 8. The van der Waals surface area contributed by atoms with Crippen molar-refractivity contribution in [1.82, 2.24) is 9.46 Å². The van der Waals surface area contributed by atoms with E-state index in [0.29, 0.717) is 41.6 Å². The summed E-state index contributed by atoms with van der Waals surface area (Å²) in [6.07, 6.45) is 0. The number of benzene rings is 2. The third kappa shape index (κ3) is 4.78. The lowest BCUT2D eigenvalue weighted by atomic mass is 10.2. The molecular formula is C22H25N3O5S. The van der Waals surface area contributed by atoms with Gasteiger partial charge in [-0.2, -0.15) is 4.31 Å². The molecule has 3 rings (SSSR count). The predicted octanol–water partition coefficient (Wildman–Crippen LogP) is 4.37. The minimum Gasteiger partial charge on any atom is -0.455 e. The number of nitrogens with zero attached hydrogens (tertiary/aromatic N) is 2. The first-order valence-corrected chi connectivity index (χ1v) is 11.3. The summed E-state index contributed by atoms with van der Waals surface area (Å²) in [6.45, 7) is 7.51. The van der Waals surface area contributed by atoms with Gasteiger partial charge in [-0.3, -0.25) is 4.79 Å². The lowest BCUT2D eigenvalue weighted by Crippen LogP contribution is -2.30. The quantitative estimate of drug-likeness (QED) is 0.555. The second kappa shape index (κ2) is 9.32. The van der Waals surface area contributed by atoms with Gasteiger partial charge in [-0.1, -0.05) is 37.2 Å². The Hall–Kier alpha value is -3.17. The van der Waals surface area contributed by atoms with Gasteiger partial charge in [-0.05, 0) is 44.2 Å². The van der Waals surface area contributed by atoms with Gasteiger partial charge in [0, 0.05) is 13.1 Å². The number of hydrogen-bond acceptors (Lipinski definition) is 6. The van der Waals surface area contributed by atoms with E-state index in [2.05, 4.69) is 10.5 Å². The number of anilines is 1. The van der Waals surface area contributed by atoms with Crippen LogP contribution in [0.4, 0.5) is 5.69 Å². The normalized spacial score (nSPS) is 11.5. The van der Waals surface area contributed by atoms with Gasteiger partial charge in [-0.25, -0.2) is 8.42 Å². The van der Waals surface area contributed by atoms with E-state index in [1.54, 1.807) is 39.8 Å². The minimum atomic E-state index is -3.72. The average Bonchev–Trinajstić information content (AvgIpc) is 3.08. The van der Waals surface area contributed by atoms with E-state index < -0.39 is 15.9 Å². The van der Waals surface area contributed by atoms with E-state index in [0.717, 1.165) is 0 Å². The van der Waals surface area contributed by atoms with E-state index in [9.17, 15) is 13.2 Å². The Bertz CT molecular complexity index is 1150. The fourth-order valence-corrected chi connectivity index (χ4v) is 4.66. The first-order chi connectivity index (χ1) is 14.8. The Morgan fingerprint density at radius 1 is 1.10 bits per heavy atom. The van der Waals surface area contributed by atoms with Crippen molar-refractivity contribution in [1.29, 1.82) is 0 Å². The van der Waals surface area contributed by atoms with Crippen LogP contribution < -0.4 is 10.1 Å². The summed E-state index contributed by atoms with van der Waals surface area (Å²) in [4.78, 5) is 13.0. The van der Waals surface area contributed by atoms with Crippen molar-refractivity contribution in [2.45, 2.75) is 32.6 Å². The van der Waals surface area contributed by atoms with E-state index >= 15 is 0 Å². The van der Waals surface area contributed by atoms with Crippen molar-refractivity contribution in [3.8, 4) is 11.5 Å². The van der Waals surface area contributed by atoms with Crippen molar-refractivity contribution >= 4 is 21.6 Å². The third-order valence-corrected chi connectivity index (χ3v) is 6.82. The Labute approximate surface area is 181 Å². The van der Waals surface area contributed by atoms with Crippen LogP contribution in [0.1, 0.15) is 35.7 Å². The Balaban J connectivity index is 2.04. The first-order valence-electron chi connectivity index (χ1n) is 9.89. The number of sulfonamides is 1. The molecule has 0 spiro atoms. The first kappa shape index (κ1) is 22.5. The van der Waals surface area contributed by atoms with Gasteiger partial charge in [0.2, 0.25) is 10.0 Å². The summed E-state index contributed by atoms with van der Waals surface area (Å²) >= 11 is 0. The van der Waals surface area contributed by atoms with Gasteiger partial charge in [-0.15, -0.1) is 0 Å².